The third-order valence-corrected chi connectivity index (χ3v) is 7.39. The van der Waals surface area contributed by atoms with Crippen molar-refractivity contribution in [2.75, 3.05) is 52.9 Å². The second kappa shape index (κ2) is 20.8. The normalized spacial score (nSPS) is 23.5. The van der Waals surface area contributed by atoms with Gasteiger partial charge >= 0.3 is 0 Å². The first-order chi connectivity index (χ1) is 16.8. The van der Waals surface area contributed by atoms with Crippen LogP contribution in [0.4, 0.5) is 0 Å². The fourth-order valence-electron chi connectivity index (χ4n) is 5.26. The van der Waals surface area contributed by atoms with Gasteiger partial charge in [0.15, 0.2) is 0 Å². The number of rotatable bonds is 22. The van der Waals surface area contributed by atoms with Crippen molar-refractivity contribution in [3.63, 3.8) is 0 Å². The minimum absolute atomic E-state index is 0.000222. The lowest BCUT2D eigenvalue weighted by Gasteiger charge is -2.36. The molecule has 35 heavy (non-hydrogen) atoms. The van der Waals surface area contributed by atoms with Crippen LogP contribution < -0.4 is 0 Å². The van der Waals surface area contributed by atoms with Gasteiger partial charge in [-0.05, 0) is 56.3 Å². The molecule has 1 rings (SSSR count). The lowest BCUT2D eigenvalue weighted by molar-refractivity contribution is -0.0579. The van der Waals surface area contributed by atoms with Gasteiger partial charge in [-0.1, -0.05) is 65.7 Å². The van der Waals surface area contributed by atoms with Crippen LogP contribution in [-0.2, 0) is 18.9 Å². The van der Waals surface area contributed by atoms with Gasteiger partial charge in [0.05, 0.1) is 51.8 Å². The molecule has 0 amide bonds. The standard InChI is InChI=1S/C29H58O6/c1-23(2)8-6-9-24(3)10-7-11-27-12-13-28(21-32-19-25(4)34-16-14-30)29(18-27)22-33-20-26(5)35-17-15-31/h23-31H,6-22H2,1-5H3. The number of hydrogen-bond acceptors (Lipinski definition) is 6. The molecule has 0 aliphatic heterocycles. The van der Waals surface area contributed by atoms with Gasteiger partial charge in [-0.3, -0.25) is 0 Å². The van der Waals surface area contributed by atoms with Gasteiger partial charge in [0.1, 0.15) is 0 Å². The zero-order valence-corrected chi connectivity index (χ0v) is 23.6. The second-order valence-electron chi connectivity index (χ2n) is 11.4. The van der Waals surface area contributed by atoms with Crippen molar-refractivity contribution < 1.29 is 29.2 Å². The third-order valence-electron chi connectivity index (χ3n) is 7.39. The quantitative estimate of drug-likeness (QED) is 0.204. The molecule has 0 aromatic carbocycles. The SMILES string of the molecule is CC(C)CCCC(C)CCCC1CCC(COCC(C)OCCO)C(COCC(C)OCCO)C1. The van der Waals surface area contributed by atoms with Gasteiger partial charge in [0.2, 0.25) is 0 Å². The van der Waals surface area contributed by atoms with Crippen molar-refractivity contribution in [2.24, 2.45) is 29.6 Å². The molecular weight excluding hydrogens is 444 g/mol. The molecule has 210 valence electrons. The first kappa shape index (κ1) is 32.8. The van der Waals surface area contributed by atoms with Crippen LogP contribution in [0.3, 0.4) is 0 Å². The third kappa shape index (κ3) is 17.0. The molecule has 0 spiro atoms. The predicted molar refractivity (Wildman–Crippen MR) is 143 cm³/mol. The summed E-state index contributed by atoms with van der Waals surface area (Å²) in [5.41, 5.74) is 0. The molecule has 0 aromatic rings. The lowest BCUT2D eigenvalue weighted by Crippen LogP contribution is -2.33. The Balaban J connectivity index is 2.44. The summed E-state index contributed by atoms with van der Waals surface area (Å²) in [5, 5.41) is 17.9. The monoisotopic (exact) mass is 502 g/mol. The Morgan fingerprint density at radius 3 is 1.86 bits per heavy atom. The van der Waals surface area contributed by atoms with Gasteiger partial charge in [-0.25, -0.2) is 0 Å². The van der Waals surface area contributed by atoms with E-state index in [1.807, 2.05) is 13.8 Å². The first-order valence-electron chi connectivity index (χ1n) is 14.5. The molecule has 1 aliphatic rings. The summed E-state index contributed by atoms with van der Waals surface area (Å²) in [7, 11) is 0. The molecule has 1 fully saturated rings. The van der Waals surface area contributed by atoms with E-state index in [-0.39, 0.29) is 25.4 Å². The number of aliphatic hydroxyl groups excluding tert-OH is 2. The van der Waals surface area contributed by atoms with E-state index in [4.69, 9.17) is 29.2 Å². The smallest absolute Gasteiger partial charge is 0.0781 e. The van der Waals surface area contributed by atoms with E-state index < -0.39 is 0 Å². The maximum atomic E-state index is 8.95. The van der Waals surface area contributed by atoms with Crippen LogP contribution in [0, 0.1) is 29.6 Å². The molecule has 6 nitrogen and oxygen atoms in total. The summed E-state index contributed by atoms with van der Waals surface area (Å²) in [5.74, 6) is 3.47. The summed E-state index contributed by atoms with van der Waals surface area (Å²) >= 11 is 0. The Kier molecular flexibility index (Phi) is 19.5. The Hall–Kier alpha value is -0.240. The molecule has 0 heterocycles. The van der Waals surface area contributed by atoms with E-state index in [1.54, 1.807) is 0 Å². The van der Waals surface area contributed by atoms with E-state index in [1.165, 1.54) is 57.8 Å². The molecule has 6 heteroatoms. The predicted octanol–water partition coefficient (Wildman–Crippen LogP) is 5.48. The van der Waals surface area contributed by atoms with Crippen molar-refractivity contribution in [1.29, 1.82) is 0 Å². The molecule has 6 atom stereocenters. The van der Waals surface area contributed by atoms with Gasteiger partial charge in [-0.15, -0.1) is 0 Å². The Bertz CT molecular complexity index is 474. The summed E-state index contributed by atoms with van der Waals surface area (Å²) in [6.07, 6.45) is 11.8. The highest BCUT2D eigenvalue weighted by molar-refractivity contribution is 4.81. The van der Waals surface area contributed by atoms with E-state index in [2.05, 4.69) is 20.8 Å². The maximum Gasteiger partial charge on any atom is 0.0781 e. The molecule has 1 aliphatic carbocycles. The second-order valence-corrected chi connectivity index (χ2v) is 11.4. The van der Waals surface area contributed by atoms with Crippen LogP contribution in [0.1, 0.15) is 92.4 Å². The fourth-order valence-corrected chi connectivity index (χ4v) is 5.26. The molecule has 0 saturated heterocycles. The van der Waals surface area contributed by atoms with Crippen molar-refractivity contribution in [3.8, 4) is 0 Å². The number of aliphatic hydroxyl groups is 2. The van der Waals surface area contributed by atoms with Crippen LogP contribution in [0.5, 0.6) is 0 Å². The van der Waals surface area contributed by atoms with E-state index in [0.29, 0.717) is 38.3 Å². The fraction of sp³-hybridized carbons (Fsp3) is 1.00. The Morgan fingerprint density at radius 2 is 1.29 bits per heavy atom. The average Bonchev–Trinajstić information content (AvgIpc) is 2.82. The molecular formula is C29H58O6. The molecule has 0 radical (unpaired) electrons. The van der Waals surface area contributed by atoms with Gasteiger partial charge in [-0.2, -0.15) is 0 Å². The van der Waals surface area contributed by atoms with Crippen molar-refractivity contribution >= 4 is 0 Å². The van der Waals surface area contributed by atoms with E-state index in [9.17, 15) is 0 Å². The highest BCUT2D eigenvalue weighted by Gasteiger charge is 2.31. The van der Waals surface area contributed by atoms with Crippen LogP contribution in [0.25, 0.3) is 0 Å². The zero-order valence-electron chi connectivity index (χ0n) is 23.6. The lowest BCUT2D eigenvalue weighted by atomic mass is 9.73. The van der Waals surface area contributed by atoms with Crippen LogP contribution >= 0.6 is 0 Å². The molecule has 1 saturated carbocycles. The van der Waals surface area contributed by atoms with Crippen molar-refractivity contribution in [2.45, 2.75) is 105 Å². The highest BCUT2D eigenvalue weighted by atomic mass is 16.5. The molecule has 2 N–H and O–H groups in total. The Labute approximate surface area is 216 Å². The van der Waals surface area contributed by atoms with Gasteiger partial charge < -0.3 is 29.2 Å². The van der Waals surface area contributed by atoms with Gasteiger partial charge in [0, 0.05) is 13.2 Å². The van der Waals surface area contributed by atoms with Crippen LogP contribution in [0.2, 0.25) is 0 Å². The van der Waals surface area contributed by atoms with Crippen molar-refractivity contribution in [1.82, 2.24) is 0 Å². The summed E-state index contributed by atoms with van der Waals surface area (Å²) in [6.45, 7) is 14.5. The minimum Gasteiger partial charge on any atom is -0.394 e. The van der Waals surface area contributed by atoms with Crippen LogP contribution in [-0.4, -0.2) is 75.3 Å². The van der Waals surface area contributed by atoms with Crippen molar-refractivity contribution in [3.05, 3.63) is 0 Å². The maximum absolute atomic E-state index is 8.95. The average molecular weight is 503 g/mol. The summed E-state index contributed by atoms with van der Waals surface area (Å²) in [4.78, 5) is 0. The minimum atomic E-state index is -0.00190. The molecule has 0 aromatic heterocycles. The first-order valence-corrected chi connectivity index (χ1v) is 14.5. The summed E-state index contributed by atoms with van der Waals surface area (Å²) < 4.78 is 23.2. The highest BCUT2D eigenvalue weighted by Crippen LogP contribution is 2.37. The van der Waals surface area contributed by atoms with E-state index in [0.717, 1.165) is 31.0 Å². The number of ether oxygens (including phenoxy) is 4. The Morgan fingerprint density at radius 1 is 0.714 bits per heavy atom. The number of hydrogen-bond donors (Lipinski definition) is 2. The molecule has 6 unspecified atom stereocenters. The zero-order chi connectivity index (χ0) is 25.9. The topological polar surface area (TPSA) is 77.4 Å². The molecule has 0 bridgehead atoms. The summed E-state index contributed by atoms with van der Waals surface area (Å²) in [6, 6.07) is 0. The van der Waals surface area contributed by atoms with E-state index >= 15 is 0 Å². The van der Waals surface area contributed by atoms with Crippen LogP contribution in [0.15, 0.2) is 0 Å². The van der Waals surface area contributed by atoms with Gasteiger partial charge in [0.25, 0.3) is 0 Å². The largest absolute Gasteiger partial charge is 0.394 e.